The maximum absolute atomic E-state index is 5.74. The average Bonchev–Trinajstić information content (AvgIpc) is 2.49. The van der Waals surface area contributed by atoms with Gasteiger partial charge in [-0.3, -0.25) is 4.90 Å². The van der Waals surface area contributed by atoms with Crippen molar-refractivity contribution >= 4 is 12.4 Å². The summed E-state index contributed by atoms with van der Waals surface area (Å²) in [5, 5.41) is 0. The molecule has 0 aliphatic rings. The van der Waals surface area contributed by atoms with Gasteiger partial charge in [0.05, 0.1) is 0 Å². The van der Waals surface area contributed by atoms with E-state index in [1.165, 1.54) is 5.56 Å². The van der Waals surface area contributed by atoms with Crippen LogP contribution in [0.1, 0.15) is 5.56 Å². The SMILES string of the molecule is Cl.NCCN(CCOc1ccccc1)Cc1ccccc1. The van der Waals surface area contributed by atoms with Crippen LogP contribution >= 0.6 is 12.4 Å². The van der Waals surface area contributed by atoms with Crippen molar-refractivity contribution in [1.29, 1.82) is 0 Å². The monoisotopic (exact) mass is 306 g/mol. The van der Waals surface area contributed by atoms with Crippen LogP contribution in [0.15, 0.2) is 60.7 Å². The molecule has 2 rings (SSSR count). The molecule has 0 amide bonds. The molecule has 0 heterocycles. The van der Waals surface area contributed by atoms with E-state index in [0.717, 1.165) is 25.4 Å². The van der Waals surface area contributed by atoms with Crippen molar-refractivity contribution in [2.75, 3.05) is 26.2 Å². The van der Waals surface area contributed by atoms with Crippen LogP contribution in [0.2, 0.25) is 0 Å². The van der Waals surface area contributed by atoms with Crippen LogP contribution in [-0.4, -0.2) is 31.1 Å². The van der Waals surface area contributed by atoms with E-state index in [2.05, 4.69) is 29.2 Å². The molecule has 0 saturated carbocycles. The van der Waals surface area contributed by atoms with Gasteiger partial charge < -0.3 is 10.5 Å². The third kappa shape index (κ3) is 6.63. The van der Waals surface area contributed by atoms with Gasteiger partial charge in [0, 0.05) is 26.2 Å². The summed E-state index contributed by atoms with van der Waals surface area (Å²) in [6, 6.07) is 20.4. The van der Waals surface area contributed by atoms with E-state index in [1.807, 2.05) is 36.4 Å². The lowest BCUT2D eigenvalue weighted by atomic mass is 10.2. The van der Waals surface area contributed by atoms with E-state index in [9.17, 15) is 0 Å². The van der Waals surface area contributed by atoms with Crippen molar-refractivity contribution < 1.29 is 4.74 Å². The zero-order valence-corrected chi connectivity index (χ0v) is 13.0. The molecule has 0 bridgehead atoms. The summed E-state index contributed by atoms with van der Waals surface area (Å²) in [6.45, 7) is 4.01. The summed E-state index contributed by atoms with van der Waals surface area (Å²) in [7, 11) is 0. The van der Waals surface area contributed by atoms with Crippen molar-refractivity contribution in [2.45, 2.75) is 6.54 Å². The molecule has 0 atom stereocenters. The predicted octanol–water partition coefficient (Wildman–Crippen LogP) is 2.95. The Morgan fingerprint density at radius 2 is 1.48 bits per heavy atom. The van der Waals surface area contributed by atoms with Crippen LogP contribution in [0, 0.1) is 0 Å². The molecular formula is C17H23ClN2O. The first kappa shape index (κ1) is 17.5. The van der Waals surface area contributed by atoms with Gasteiger partial charge in [-0.2, -0.15) is 0 Å². The van der Waals surface area contributed by atoms with Crippen LogP contribution in [0.3, 0.4) is 0 Å². The fraction of sp³-hybridized carbons (Fsp3) is 0.294. The molecule has 3 nitrogen and oxygen atoms in total. The van der Waals surface area contributed by atoms with Gasteiger partial charge >= 0.3 is 0 Å². The van der Waals surface area contributed by atoms with Crippen LogP contribution in [-0.2, 0) is 6.54 Å². The summed E-state index contributed by atoms with van der Waals surface area (Å²) >= 11 is 0. The standard InChI is InChI=1S/C17H22N2O.ClH/c18-11-12-19(15-16-7-3-1-4-8-16)13-14-20-17-9-5-2-6-10-17;/h1-10H,11-15,18H2;1H. The maximum Gasteiger partial charge on any atom is 0.119 e. The molecule has 0 aliphatic carbocycles. The second kappa shape index (κ2) is 10.2. The van der Waals surface area contributed by atoms with Gasteiger partial charge in [0.1, 0.15) is 12.4 Å². The highest BCUT2D eigenvalue weighted by Crippen LogP contribution is 2.09. The number of benzene rings is 2. The molecular weight excluding hydrogens is 284 g/mol. The maximum atomic E-state index is 5.74. The molecule has 0 radical (unpaired) electrons. The van der Waals surface area contributed by atoms with E-state index in [-0.39, 0.29) is 12.4 Å². The molecule has 2 aromatic rings. The quantitative estimate of drug-likeness (QED) is 0.815. The van der Waals surface area contributed by atoms with Crippen LogP contribution in [0.4, 0.5) is 0 Å². The van der Waals surface area contributed by atoms with E-state index in [1.54, 1.807) is 0 Å². The first-order valence-electron chi connectivity index (χ1n) is 7.02. The van der Waals surface area contributed by atoms with Crippen molar-refractivity contribution in [1.82, 2.24) is 4.90 Å². The summed E-state index contributed by atoms with van der Waals surface area (Å²) in [6.07, 6.45) is 0. The minimum absolute atomic E-state index is 0. The second-order valence-electron chi connectivity index (χ2n) is 4.71. The van der Waals surface area contributed by atoms with E-state index in [4.69, 9.17) is 10.5 Å². The Kier molecular flexibility index (Phi) is 8.51. The highest BCUT2D eigenvalue weighted by Gasteiger charge is 2.05. The van der Waals surface area contributed by atoms with Crippen molar-refractivity contribution in [2.24, 2.45) is 5.73 Å². The topological polar surface area (TPSA) is 38.5 Å². The number of ether oxygens (including phenoxy) is 1. The molecule has 0 fully saturated rings. The van der Waals surface area contributed by atoms with Crippen molar-refractivity contribution in [3.05, 3.63) is 66.2 Å². The molecule has 2 N–H and O–H groups in total. The number of hydrogen-bond acceptors (Lipinski definition) is 3. The molecule has 114 valence electrons. The molecule has 0 aromatic heterocycles. The van der Waals surface area contributed by atoms with E-state index < -0.39 is 0 Å². The average molecular weight is 307 g/mol. The zero-order chi connectivity index (χ0) is 14.0. The summed E-state index contributed by atoms with van der Waals surface area (Å²) < 4.78 is 5.74. The second-order valence-corrected chi connectivity index (χ2v) is 4.71. The zero-order valence-electron chi connectivity index (χ0n) is 12.2. The van der Waals surface area contributed by atoms with Gasteiger partial charge in [0.25, 0.3) is 0 Å². The van der Waals surface area contributed by atoms with Crippen molar-refractivity contribution in [3.63, 3.8) is 0 Å². The lowest BCUT2D eigenvalue weighted by Gasteiger charge is -2.21. The summed E-state index contributed by atoms with van der Waals surface area (Å²) in [5.74, 6) is 0.917. The highest BCUT2D eigenvalue weighted by molar-refractivity contribution is 5.85. The minimum atomic E-state index is 0. The van der Waals surface area contributed by atoms with Crippen LogP contribution < -0.4 is 10.5 Å². The van der Waals surface area contributed by atoms with Gasteiger partial charge in [-0.05, 0) is 17.7 Å². The first-order valence-corrected chi connectivity index (χ1v) is 7.02. The number of nitrogens with zero attached hydrogens (tertiary/aromatic N) is 1. The van der Waals surface area contributed by atoms with Crippen LogP contribution in [0.5, 0.6) is 5.75 Å². The van der Waals surface area contributed by atoms with Gasteiger partial charge in [0.15, 0.2) is 0 Å². The fourth-order valence-electron chi connectivity index (χ4n) is 2.10. The number of halogens is 1. The Morgan fingerprint density at radius 3 is 2.10 bits per heavy atom. The van der Waals surface area contributed by atoms with Gasteiger partial charge in [0.2, 0.25) is 0 Å². The largest absolute Gasteiger partial charge is 0.492 e. The minimum Gasteiger partial charge on any atom is -0.492 e. The van der Waals surface area contributed by atoms with E-state index in [0.29, 0.717) is 13.2 Å². The molecule has 21 heavy (non-hydrogen) atoms. The fourth-order valence-corrected chi connectivity index (χ4v) is 2.10. The highest BCUT2D eigenvalue weighted by atomic mass is 35.5. The first-order chi connectivity index (χ1) is 9.88. The molecule has 0 unspecified atom stereocenters. The molecule has 0 aliphatic heterocycles. The molecule has 0 spiro atoms. The molecule has 0 saturated heterocycles. The Balaban J connectivity index is 0.00000220. The lowest BCUT2D eigenvalue weighted by Crippen LogP contribution is -2.32. The Morgan fingerprint density at radius 1 is 0.857 bits per heavy atom. The molecule has 2 aromatic carbocycles. The smallest absolute Gasteiger partial charge is 0.119 e. The number of hydrogen-bond donors (Lipinski definition) is 1. The van der Waals surface area contributed by atoms with E-state index >= 15 is 0 Å². The van der Waals surface area contributed by atoms with Crippen LogP contribution in [0.25, 0.3) is 0 Å². The number of nitrogens with two attached hydrogens (primary N) is 1. The lowest BCUT2D eigenvalue weighted by molar-refractivity contribution is 0.206. The Labute approximate surface area is 133 Å². The summed E-state index contributed by atoms with van der Waals surface area (Å²) in [5.41, 5.74) is 6.99. The summed E-state index contributed by atoms with van der Waals surface area (Å²) in [4.78, 5) is 2.32. The third-order valence-electron chi connectivity index (χ3n) is 3.11. The van der Waals surface area contributed by atoms with Gasteiger partial charge in [-0.15, -0.1) is 12.4 Å². The van der Waals surface area contributed by atoms with Crippen molar-refractivity contribution in [3.8, 4) is 5.75 Å². The Hall–Kier alpha value is -1.55. The normalized spacial score (nSPS) is 10.2. The number of rotatable bonds is 8. The number of para-hydroxylation sites is 1. The molecule has 4 heteroatoms. The third-order valence-corrected chi connectivity index (χ3v) is 3.11. The van der Waals surface area contributed by atoms with Gasteiger partial charge in [-0.1, -0.05) is 48.5 Å². The van der Waals surface area contributed by atoms with Gasteiger partial charge in [-0.25, -0.2) is 0 Å². The predicted molar refractivity (Wildman–Crippen MR) is 90.0 cm³/mol. The Bertz CT molecular complexity index is 479.